The maximum atomic E-state index is 13.1. The van der Waals surface area contributed by atoms with Gasteiger partial charge in [0.15, 0.2) is 23.0 Å². The van der Waals surface area contributed by atoms with Crippen molar-refractivity contribution in [2.45, 2.75) is 73.0 Å². The Hall–Kier alpha value is -3.96. The van der Waals surface area contributed by atoms with Crippen molar-refractivity contribution in [1.29, 1.82) is 0 Å². The summed E-state index contributed by atoms with van der Waals surface area (Å²) in [7, 11) is 4.31. The quantitative estimate of drug-likeness (QED) is 0.221. The first-order valence-corrected chi connectivity index (χ1v) is 17.1. The van der Waals surface area contributed by atoms with E-state index in [4.69, 9.17) is 18.9 Å². The van der Waals surface area contributed by atoms with Gasteiger partial charge in [0.25, 0.3) is 0 Å². The second-order valence-corrected chi connectivity index (χ2v) is 15.0. The Bertz CT molecular complexity index is 1750. The molecule has 4 aliphatic heterocycles. The van der Waals surface area contributed by atoms with Gasteiger partial charge >= 0.3 is 11.9 Å². The topological polar surface area (TPSA) is 118 Å². The minimum atomic E-state index is -0.759. The molecule has 2 spiro atoms. The number of hydrogen-bond donors (Lipinski definition) is 2. The Kier molecular flexibility index (Phi) is 5.93. The molecule has 10 heteroatoms. The number of aliphatic hydroxyl groups excluding tert-OH is 2. The molecule has 0 aromatic heterocycles. The van der Waals surface area contributed by atoms with Gasteiger partial charge in [-0.25, -0.2) is 9.59 Å². The van der Waals surface area contributed by atoms with Gasteiger partial charge in [0.1, 0.15) is 24.4 Å². The summed E-state index contributed by atoms with van der Waals surface area (Å²) in [4.78, 5) is 31.0. The van der Waals surface area contributed by atoms with Crippen LogP contribution in [-0.4, -0.2) is 95.6 Å². The van der Waals surface area contributed by atoms with E-state index in [1.54, 1.807) is 12.1 Å². The van der Waals surface area contributed by atoms with Crippen molar-refractivity contribution in [3.05, 3.63) is 83.0 Å². The highest BCUT2D eigenvalue weighted by atomic mass is 16.6. The zero-order valence-electron chi connectivity index (χ0n) is 26.9. The Morgan fingerprint density at radius 3 is 1.60 bits per heavy atom. The summed E-state index contributed by atoms with van der Waals surface area (Å²) < 4.78 is 24.5. The van der Waals surface area contributed by atoms with Crippen molar-refractivity contribution in [2.75, 3.05) is 27.2 Å². The van der Waals surface area contributed by atoms with Gasteiger partial charge in [-0.3, -0.25) is 0 Å². The van der Waals surface area contributed by atoms with E-state index in [0.717, 1.165) is 73.2 Å². The molecule has 2 N–H and O–H groups in total. The number of ether oxygens (including phenoxy) is 4. The van der Waals surface area contributed by atoms with Crippen LogP contribution in [0.2, 0.25) is 0 Å². The van der Waals surface area contributed by atoms with E-state index in [2.05, 4.69) is 36.0 Å². The van der Waals surface area contributed by atoms with Gasteiger partial charge in [-0.1, -0.05) is 36.4 Å². The van der Waals surface area contributed by atoms with Crippen LogP contribution in [0.4, 0.5) is 0 Å². The molecule has 4 aliphatic carbocycles. The summed E-state index contributed by atoms with van der Waals surface area (Å²) >= 11 is 0. The van der Waals surface area contributed by atoms with Crippen molar-refractivity contribution < 1.29 is 38.7 Å². The zero-order valence-corrected chi connectivity index (χ0v) is 26.9. The predicted molar refractivity (Wildman–Crippen MR) is 172 cm³/mol. The molecular formula is C38H38N2O8. The minimum absolute atomic E-state index is 0.197. The third kappa shape index (κ3) is 3.56. The summed E-state index contributed by atoms with van der Waals surface area (Å²) in [6, 6.07) is 8.12. The maximum absolute atomic E-state index is 13.1. The lowest BCUT2D eigenvalue weighted by Gasteiger charge is -2.56. The van der Waals surface area contributed by atoms with Gasteiger partial charge in [0.05, 0.1) is 0 Å². The summed E-state index contributed by atoms with van der Waals surface area (Å²) in [5, 5.41) is 22.0. The summed E-state index contributed by atoms with van der Waals surface area (Å²) in [5.74, 6) is 0.497. The monoisotopic (exact) mass is 650 g/mol. The molecule has 4 heterocycles. The van der Waals surface area contributed by atoms with Crippen LogP contribution in [-0.2, 0) is 33.3 Å². The predicted octanol–water partition coefficient (Wildman–Crippen LogP) is 2.37. The number of carbonyl (C=O) groups is 2. The van der Waals surface area contributed by atoms with E-state index < -0.39 is 36.4 Å². The highest BCUT2D eigenvalue weighted by Crippen LogP contribution is 2.64. The average molecular weight is 651 g/mol. The van der Waals surface area contributed by atoms with Gasteiger partial charge in [-0.15, -0.1) is 0 Å². The molecule has 0 radical (unpaired) electrons. The lowest BCUT2D eigenvalue weighted by atomic mass is 9.53. The highest BCUT2D eigenvalue weighted by Gasteiger charge is 2.65. The minimum Gasteiger partial charge on any atom is -0.482 e. The fourth-order valence-electron chi connectivity index (χ4n) is 11.0. The number of piperidine rings is 2. The molecule has 10 rings (SSSR count). The van der Waals surface area contributed by atoms with Crippen LogP contribution in [0.3, 0.4) is 0 Å². The molecule has 4 bridgehead atoms. The number of esters is 2. The average Bonchev–Trinajstić information content (AvgIpc) is 3.62. The summed E-state index contributed by atoms with van der Waals surface area (Å²) in [6.07, 6.45) is 11.0. The number of likely N-dealkylation sites (tertiary alicyclic amines) is 2. The second kappa shape index (κ2) is 9.81. The number of rotatable bonds is 4. The molecule has 10 nitrogen and oxygen atoms in total. The first-order chi connectivity index (χ1) is 23.2. The van der Waals surface area contributed by atoms with Crippen LogP contribution in [0.1, 0.15) is 35.1 Å². The number of benzene rings is 2. The SMILES string of the molecule is CN1CC[C@]23c4c5ccc(OC(=O)/C=C/C(=O)Oc6ccc7c8c6O[C@H]6[C@@H](O)C=C[C@H]9[C@@H](C7)N(C)CC[C@@]896)c4O[C@H]2[C@@H](O)C=C[C@H]3[C@H]1C5. The normalized spacial score (nSPS) is 39.0. The Morgan fingerprint density at radius 1 is 0.729 bits per heavy atom. The fourth-order valence-corrected chi connectivity index (χ4v) is 11.0. The van der Waals surface area contributed by atoms with Crippen molar-refractivity contribution in [1.82, 2.24) is 9.80 Å². The van der Waals surface area contributed by atoms with Crippen LogP contribution >= 0.6 is 0 Å². The second-order valence-electron chi connectivity index (χ2n) is 15.0. The third-order valence-electron chi connectivity index (χ3n) is 13.0. The molecule has 48 heavy (non-hydrogen) atoms. The fraction of sp³-hybridized carbons (Fsp3) is 0.474. The van der Waals surface area contributed by atoms with E-state index in [1.807, 2.05) is 24.3 Å². The first kappa shape index (κ1) is 29.0. The Morgan fingerprint density at radius 2 is 1.17 bits per heavy atom. The number of hydrogen-bond acceptors (Lipinski definition) is 10. The van der Waals surface area contributed by atoms with Crippen molar-refractivity contribution >= 4 is 11.9 Å². The molecule has 2 saturated heterocycles. The van der Waals surface area contributed by atoms with E-state index in [0.29, 0.717) is 23.6 Å². The Labute approximate surface area is 278 Å². The zero-order chi connectivity index (χ0) is 32.7. The number of likely N-dealkylation sites (N-methyl/N-ethyl adjacent to an activating group) is 2. The van der Waals surface area contributed by atoms with Crippen LogP contribution in [0.15, 0.2) is 60.7 Å². The number of carbonyl (C=O) groups excluding carboxylic acids is 2. The summed E-state index contributed by atoms with van der Waals surface area (Å²) in [5.41, 5.74) is 3.67. The van der Waals surface area contributed by atoms with Gasteiger partial charge < -0.3 is 39.0 Å². The molecule has 10 atom stereocenters. The van der Waals surface area contributed by atoms with Crippen LogP contribution in [0.25, 0.3) is 0 Å². The highest BCUT2D eigenvalue weighted by molar-refractivity contribution is 5.94. The maximum Gasteiger partial charge on any atom is 0.336 e. The Balaban J connectivity index is 0.902. The molecule has 2 fully saturated rings. The first-order valence-electron chi connectivity index (χ1n) is 17.1. The lowest BCUT2D eigenvalue weighted by molar-refractivity contribution is -0.131. The van der Waals surface area contributed by atoms with Crippen molar-refractivity contribution in [3.8, 4) is 23.0 Å². The largest absolute Gasteiger partial charge is 0.482 e. The molecule has 2 aromatic carbocycles. The van der Waals surface area contributed by atoms with Gasteiger partial charge in [0.2, 0.25) is 0 Å². The van der Waals surface area contributed by atoms with Crippen molar-refractivity contribution in [3.63, 3.8) is 0 Å². The van der Waals surface area contributed by atoms with Gasteiger partial charge in [-0.2, -0.15) is 0 Å². The molecule has 0 unspecified atom stereocenters. The van der Waals surface area contributed by atoms with Gasteiger partial charge in [-0.05, 0) is 76.1 Å². The van der Waals surface area contributed by atoms with Crippen molar-refractivity contribution in [2.24, 2.45) is 11.8 Å². The van der Waals surface area contributed by atoms with Crippen LogP contribution in [0.5, 0.6) is 23.0 Å². The van der Waals surface area contributed by atoms with Crippen LogP contribution in [0, 0.1) is 11.8 Å². The lowest BCUT2D eigenvalue weighted by Crippen LogP contribution is -2.64. The molecule has 2 aromatic rings. The number of aliphatic hydroxyl groups is 2. The molecular weight excluding hydrogens is 612 g/mol. The molecule has 8 aliphatic rings. The number of nitrogens with zero attached hydrogens (tertiary/aromatic N) is 2. The molecule has 0 saturated carbocycles. The van der Waals surface area contributed by atoms with E-state index >= 15 is 0 Å². The van der Waals surface area contributed by atoms with E-state index in [1.165, 1.54) is 0 Å². The third-order valence-corrected chi connectivity index (χ3v) is 13.0. The smallest absolute Gasteiger partial charge is 0.336 e. The van der Waals surface area contributed by atoms with Crippen LogP contribution < -0.4 is 18.9 Å². The van der Waals surface area contributed by atoms with E-state index in [9.17, 15) is 19.8 Å². The molecule has 248 valence electrons. The molecule has 0 amide bonds. The van der Waals surface area contributed by atoms with Gasteiger partial charge in [0, 0.05) is 58.0 Å². The summed E-state index contributed by atoms with van der Waals surface area (Å²) in [6.45, 7) is 1.79. The van der Waals surface area contributed by atoms with E-state index in [-0.39, 0.29) is 34.2 Å². The standard InChI is InChI=1S/C38H38N2O8/c1-39-15-13-37-21-5-7-25(41)35(37)47-33-27(9-3-19(31(33)37)17-23(21)39)45-29(43)11-12-30(44)46-28-10-4-20-18-24-22-6-8-26(42)36-38(22,14-16-40(24)2)32(20)34(28)48-36/h3-12,21-26,35-36,41-42H,13-18H2,1-2H3/b12-11+/t21-,22-,23+,24+,25-,26-,35-,36-,37-,38-/m0/s1.